The second kappa shape index (κ2) is 5.09. The number of hydrogen-bond donors (Lipinski definition) is 2. The second-order valence-electron chi connectivity index (χ2n) is 3.49. The van der Waals surface area contributed by atoms with Crippen molar-refractivity contribution in [1.29, 1.82) is 0 Å². The van der Waals surface area contributed by atoms with Crippen LogP contribution in [0.3, 0.4) is 0 Å². The minimum absolute atomic E-state index is 0.149. The Labute approximate surface area is 88.1 Å². The molecule has 0 aliphatic rings. The van der Waals surface area contributed by atoms with Gasteiger partial charge in [0.2, 0.25) is 0 Å². The Kier molecular flexibility index (Phi) is 4.05. The topological polar surface area (TPSA) is 49.7 Å². The fourth-order valence-electron chi connectivity index (χ4n) is 1.28. The predicted octanol–water partition coefficient (Wildman–Crippen LogP) is 1.50. The molecular weight excluding hydrogens is 199 g/mol. The molecule has 1 unspecified atom stereocenters. The number of methoxy groups -OCH3 is 1. The summed E-state index contributed by atoms with van der Waals surface area (Å²) in [6.07, 6.45) is -1.02. The van der Waals surface area contributed by atoms with E-state index in [-0.39, 0.29) is 12.2 Å². The number of aliphatic hydroxyl groups excluding tert-OH is 2. The SMILES string of the molecule is COc1ccc(F)c(C(O)[C@H](C)CO)c1. The van der Waals surface area contributed by atoms with Crippen molar-refractivity contribution in [2.24, 2.45) is 5.92 Å². The van der Waals surface area contributed by atoms with Gasteiger partial charge in [-0.2, -0.15) is 0 Å². The van der Waals surface area contributed by atoms with Gasteiger partial charge in [0.1, 0.15) is 11.6 Å². The first-order valence-corrected chi connectivity index (χ1v) is 4.72. The lowest BCUT2D eigenvalue weighted by molar-refractivity contribution is 0.0741. The molecule has 0 bridgehead atoms. The van der Waals surface area contributed by atoms with Crippen LogP contribution < -0.4 is 4.74 Å². The van der Waals surface area contributed by atoms with Crippen molar-refractivity contribution < 1.29 is 19.3 Å². The van der Waals surface area contributed by atoms with E-state index in [0.29, 0.717) is 5.75 Å². The third-order valence-electron chi connectivity index (χ3n) is 2.35. The minimum Gasteiger partial charge on any atom is -0.497 e. The molecule has 0 aromatic heterocycles. The number of halogens is 1. The zero-order chi connectivity index (χ0) is 11.4. The van der Waals surface area contributed by atoms with Crippen LogP contribution >= 0.6 is 0 Å². The van der Waals surface area contributed by atoms with Gasteiger partial charge in [0.15, 0.2) is 0 Å². The fourth-order valence-corrected chi connectivity index (χ4v) is 1.28. The highest BCUT2D eigenvalue weighted by molar-refractivity contribution is 5.31. The molecule has 4 heteroatoms. The first kappa shape index (κ1) is 11.9. The first-order valence-electron chi connectivity index (χ1n) is 4.72. The van der Waals surface area contributed by atoms with Crippen LogP contribution in [0.1, 0.15) is 18.6 Å². The summed E-state index contributed by atoms with van der Waals surface area (Å²) >= 11 is 0. The Hall–Kier alpha value is -1.13. The van der Waals surface area contributed by atoms with E-state index in [4.69, 9.17) is 9.84 Å². The monoisotopic (exact) mass is 214 g/mol. The van der Waals surface area contributed by atoms with Gasteiger partial charge in [-0.15, -0.1) is 0 Å². The Morgan fingerprint density at radius 3 is 2.67 bits per heavy atom. The van der Waals surface area contributed by atoms with Gasteiger partial charge in [-0.25, -0.2) is 4.39 Å². The van der Waals surface area contributed by atoms with Crippen LogP contribution in [0.15, 0.2) is 18.2 Å². The van der Waals surface area contributed by atoms with E-state index in [9.17, 15) is 9.50 Å². The van der Waals surface area contributed by atoms with Crippen molar-refractivity contribution in [2.75, 3.05) is 13.7 Å². The van der Waals surface area contributed by atoms with Crippen molar-refractivity contribution in [3.8, 4) is 5.75 Å². The molecule has 2 N–H and O–H groups in total. The quantitative estimate of drug-likeness (QED) is 0.798. The number of rotatable bonds is 4. The molecule has 0 saturated heterocycles. The zero-order valence-corrected chi connectivity index (χ0v) is 8.77. The van der Waals surface area contributed by atoms with Crippen molar-refractivity contribution in [3.05, 3.63) is 29.6 Å². The predicted molar refractivity (Wildman–Crippen MR) is 54.2 cm³/mol. The molecule has 84 valence electrons. The van der Waals surface area contributed by atoms with Gasteiger partial charge < -0.3 is 14.9 Å². The maximum Gasteiger partial charge on any atom is 0.129 e. The number of hydrogen-bond acceptors (Lipinski definition) is 3. The smallest absolute Gasteiger partial charge is 0.129 e. The minimum atomic E-state index is -1.02. The summed E-state index contributed by atoms with van der Waals surface area (Å²) in [5.41, 5.74) is 0.149. The van der Waals surface area contributed by atoms with Crippen LogP contribution in [0, 0.1) is 11.7 Å². The molecule has 0 spiro atoms. The highest BCUT2D eigenvalue weighted by Crippen LogP contribution is 2.27. The van der Waals surface area contributed by atoms with Gasteiger partial charge in [0.05, 0.1) is 13.2 Å². The van der Waals surface area contributed by atoms with Crippen LogP contribution in [0.25, 0.3) is 0 Å². The second-order valence-corrected chi connectivity index (χ2v) is 3.49. The molecular formula is C11H15FO3. The maximum atomic E-state index is 13.4. The molecule has 3 nitrogen and oxygen atoms in total. The van der Waals surface area contributed by atoms with E-state index in [1.54, 1.807) is 6.92 Å². The van der Waals surface area contributed by atoms with Crippen LogP contribution in [0.5, 0.6) is 5.75 Å². The van der Waals surface area contributed by atoms with Gasteiger partial charge in [-0.1, -0.05) is 6.92 Å². The van der Waals surface area contributed by atoms with Crippen LogP contribution in [-0.4, -0.2) is 23.9 Å². The van der Waals surface area contributed by atoms with E-state index in [2.05, 4.69) is 0 Å². The molecule has 1 aromatic rings. The molecule has 0 amide bonds. The standard InChI is InChI=1S/C11H15FO3/c1-7(6-13)11(14)9-5-8(15-2)3-4-10(9)12/h3-5,7,11,13-14H,6H2,1-2H3/t7-,11?/m1/s1. The summed E-state index contributed by atoms with van der Waals surface area (Å²) in [5, 5.41) is 18.6. The first-order chi connectivity index (χ1) is 7.10. The normalized spacial score (nSPS) is 14.7. The van der Waals surface area contributed by atoms with Crippen molar-refractivity contribution in [1.82, 2.24) is 0 Å². The molecule has 0 aliphatic heterocycles. The third-order valence-corrected chi connectivity index (χ3v) is 2.35. The number of ether oxygens (including phenoxy) is 1. The largest absolute Gasteiger partial charge is 0.497 e. The average Bonchev–Trinajstić information content (AvgIpc) is 2.27. The molecule has 1 aromatic carbocycles. The lowest BCUT2D eigenvalue weighted by Gasteiger charge is -2.18. The molecule has 0 saturated carbocycles. The van der Waals surface area contributed by atoms with Gasteiger partial charge in [-0.05, 0) is 18.2 Å². The Morgan fingerprint density at radius 1 is 1.47 bits per heavy atom. The Balaban J connectivity index is 3.01. The average molecular weight is 214 g/mol. The van der Waals surface area contributed by atoms with Gasteiger partial charge in [-0.3, -0.25) is 0 Å². The molecule has 0 aliphatic carbocycles. The molecule has 15 heavy (non-hydrogen) atoms. The zero-order valence-electron chi connectivity index (χ0n) is 8.77. The molecule has 0 radical (unpaired) electrons. The van der Waals surface area contributed by atoms with Crippen molar-refractivity contribution in [3.63, 3.8) is 0 Å². The lowest BCUT2D eigenvalue weighted by Crippen LogP contribution is -2.14. The molecule has 2 atom stereocenters. The van der Waals surface area contributed by atoms with Crippen LogP contribution in [0.2, 0.25) is 0 Å². The van der Waals surface area contributed by atoms with Crippen molar-refractivity contribution in [2.45, 2.75) is 13.0 Å². The summed E-state index contributed by atoms with van der Waals surface area (Å²) in [4.78, 5) is 0. The summed E-state index contributed by atoms with van der Waals surface area (Å²) in [6.45, 7) is 1.45. The summed E-state index contributed by atoms with van der Waals surface area (Å²) in [6, 6.07) is 4.16. The van der Waals surface area contributed by atoms with E-state index >= 15 is 0 Å². The molecule has 0 heterocycles. The Bertz CT molecular complexity index is 328. The summed E-state index contributed by atoms with van der Waals surface area (Å²) in [5.74, 6) is -0.425. The molecule has 0 fully saturated rings. The van der Waals surface area contributed by atoms with E-state index in [1.807, 2.05) is 0 Å². The fraction of sp³-hybridized carbons (Fsp3) is 0.455. The number of aliphatic hydroxyl groups is 2. The van der Waals surface area contributed by atoms with Gasteiger partial charge in [0.25, 0.3) is 0 Å². The van der Waals surface area contributed by atoms with Crippen LogP contribution in [-0.2, 0) is 0 Å². The maximum absolute atomic E-state index is 13.4. The lowest BCUT2D eigenvalue weighted by atomic mass is 9.97. The van der Waals surface area contributed by atoms with E-state index < -0.39 is 17.8 Å². The highest BCUT2D eigenvalue weighted by atomic mass is 19.1. The summed E-state index contributed by atoms with van der Waals surface area (Å²) < 4.78 is 18.3. The van der Waals surface area contributed by atoms with Crippen LogP contribution in [0.4, 0.5) is 4.39 Å². The van der Waals surface area contributed by atoms with Gasteiger partial charge >= 0.3 is 0 Å². The van der Waals surface area contributed by atoms with Gasteiger partial charge in [0, 0.05) is 18.1 Å². The highest BCUT2D eigenvalue weighted by Gasteiger charge is 2.19. The Morgan fingerprint density at radius 2 is 2.13 bits per heavy atom. The summed E-state index contributed by atoms with van der Waals surface area (Å²) in [7, 11) is 1.47. The van der Waals surface area contributed by atoms with E-state index in [0.717, 1.165) is 0 Å². The molecule has 1 rings (SSSR count). The number of benzene rings is 1. The van der Waals surface area contributed by atoms with Crippen molar-refractivity contribution >= 4 is 0 Å². The third kappa shape index (κ3) is 2.67. The van der Waals surface area contributed by atoms with E-state index in [1.165, 1.54) is 25.3 Å².